The van der Waals surface area contributed by atoms with Gasteiger partial charge in [-0.15, -0.1) is 0 Å². The predicted octanol–water partition coefficient (Wildman–Crippen LogP) is 1.73. The molecule has 1 aliphatic carbocycles. The van der Waals surface area contributed by atoms with E-state index in [1.165, 1.54) is 19.3 Å². The quantitative estimate of drug-likeness (QED) is 0.753. The fourth-order valence-corrected chi connectivity index (χ4v) is 2.18. The average Bonchev–Trinajstić information content (AvgIpc) is 2.31. The summed E-state index contributed by atoms with van der Waals surface area (Å²) in [6.45, 7) is 3.47. The van der Waals surface area contributed by atoms with Gasteiger partial charge >= 0.3 is 6.03 Å². The normalized spacial score (nSPS) is 17.1. The highest BCUT2D eigenvalue weighted by Gasteiger charge is 2.18. The second-order valence-electron chi connectivity index (χ2n) is 4.44. The Morgan fingerprint density at radius 1 is 1.38 bits per heavy atom. The molecule has 0 heterocycles. The van der Waals surface area contributed by atoms with Crippen LogP contribution in [0.3, 0.4) is 0 Å². The Balaban J connectivity index is 2.29. The minimum absolute atomic E-state index is 0.0304. The van der Waals surface area contributed by atoms with Crippen molar-refractivity contribution in [3.05, 3.63) is 0 Å². The zero-order valence-corrected chi connectivity index (χ0v) is 10.2. The summed E-state index contributed by atoms with van der Waals surface area (Å²) in [5, 5.41) is 11.8. The van der Waals surface area contributed by atoms with Crippen molar-refractivity contribution < 1.29 is 9.90 Å². The van der Waals surface area contributed by atoms with E-state index in [1.54, 1.807) is 4.90 Å². The van der Waals surface area contributed by atoms with Gasteiger partial charge in [0.1, 0.15) is 0 Å². The highest BCUT2D eigenvalue weighted by Crippen LogP contribution is 2.17. The first-order valence-corrected chi connectivity index (χ1v) is 6.44. The number of nitrogens with one attached hydrogen (secondary N) is 1. The summed E-state index contributed by atoms with van der Waals surface area (Å²) in [6.07, 6.45) is 6.65. The molecule has 1 saturated carbocycles. The van der Waals surface area contributed by atoms with E-state index in [2.05, 4.69) is 5.32 Å². The predicted molar refractivity (Wildman–Crippen MR) is 64.4 cm³/mol. The molecule has 2 N–H and O–H groups in total. The molecule has 0 atom stereocenters. The molecule has 1 fully saturated rings. The summed E-state index contributed by atoms with van der Waals surface area (Å²) in [5.41, 5.74) is 0. The Bertz CT molecular complexity index is 203. The molecule has 0 aromatic heterocycles. The number of nitrogens with zero attached hydrogens (tertiary/aromatic N) is 1. The van der Waals surface area contributed by atoms with E-state index < -0.39 is 0 Å². The molecule has 0 radical (unpaired) electrons. The second-order valence-corrected chi connectivity index (χ2v) is 4.44. The molecule has 0 saturated heterocycles. The lowest BCUT2D eigenvalue weighted by molar-refractivity contribution is 0.185. The van der Waals surface area contributed by atoms with E-state index in [9.17, 15) is 4.79 Å². The molecule has 16 heavy (non-hydrogen) atoms. The standard InChI is InChI=1S/C12H24N2O2/c1-2-14(9-6-10-15)12(16)13-11-7-4-3-5-8-11/h11,15H,2-10H2,1H3,(H,13,16). The van der Waals surface area contributed by atoms with Crippen molar-refractivity contribution in [3.63, 3.8) is 0 Å². The Kier molecular flexibility index (Phi) is 6.23. The van der Waals surface area contributed by atoms with Gasteiger partial charge in [-0.2, -0.15) is 0 Å². The molecular formula is C12H24N2O2. The van der Waals surface area contributed by atoms with Gasteiger partial charge in [0.15, 0.2) is 0 Å². The highest BCUT2D eigenvalue weighted by molar-refractivity contribution is 5.74. The van der Waals surface area contributed by atoms with E-state index in [0.29, 0.717) is 25.6 Å². The largest absolute Gasteiger partial charge is 0.396 e. The van der Waals surface area contributed by atoms with Crippen LogP contribution in [0.4, 0.5) is 4.79 Å². The van der Waals surface area contributed by atoms with Gasteiger partial charge in [-0.05, 0) is 26.2 Å². The molecule has 0 aromatic carbocycles. The summed E-state index contributed by atoms with van der Waals surface area (Å²) >= 11 is 0. The number of aliphatic hydroxyl groups is 1. The molecule has 2 amide bonds. The van der Waals surface area contributed by atoms with Crippen molar-refractivity contribution in [2.75, 3.05) is 19.7 Å². The molecule has 0 bridgehead atoms. The van der Waals surface area contributed by atoms with Gasteiger partial charge in [-0.25, -0.2) is 4.79 Å². The SMILES string of the molecule is CCN(CCCO)C(=O)NC1CCCCC1. The minimum atomic E-state index is 0.0304. The molecular weight excluding hydrogens is 204 g/mol. The van der Waals surface area contributed by atoms with Crippen LogP contribution in [0.5, 0.6) is 0 Å². The first kappa shape index (κ1) is 13.3. The smallest absolute Gasteiger partial charge is 0.317 e. The summed E-state index contributed by atoms with van der Waals surface area (Å²) < 4.78 is 0. The van der Waals surface area contributed by atoms with Crippen LogP contribution in [0.15, 0.2) is 0 Å². The fourth-order valence-electron chi connectivity index (χ4n) is 2.18. The molecule has 4 heteroatoms. The lowest BCUT2D eigenvalue weighted by Gasteiger charge is -2.27. The number of aliphatic hydroxyl groups excluding tert-OH is 1. The number of hydrogen-bond donors (Lipinski definition) is 2. The van der Waals surface area contributed by atoms with E-state index in [4.69, 9.17) is 5.11 Å². The Hall–Kier alpha value is -0.770. The first-order valence-electron chi connectivity index (χ1n) is 6.44. The van der Waals surface area contributed by atoms with Crippen LogP contribution >= 0.6 is 0 Å². The molecule has 1 aliphatic rings. The van der Waals surface area contributed by atoms with Crippen molar-refractivity contribution >= 4 is 6.03 Å². The van der Waals surface area contributed by atoms with Gasteiger partial charge in [0.25, 0.3) is 0 Å². The molecule has 4 nitrogen and oxygen atoms in total. The zero-order valence-electron chi connectivity index (χ0n) is 10.2. The Labute approximate surface area is 98.0 Å². The third-order valence-corrected chi connectivity index (χ3v) is 3.19. The maximum absolute atomic E-state index is 11.9. The van der Waals surface area contributed by atoms with Crippen LogP contribution in [-0.4, -0.2) is 41.8 Å². The number of rotatable bonds is 5. The Morgan fingerprint density at radius 3 is 2.62 bits per heavy atom. The van der Waals surface area contributed by atoms with Gasteiger partial charge in [-0.1, -0.05) is 19.3 Å². The molecule has 0 unspecified atom stereocenters. The van der Waals surface area contributed by atoms with Crippen LogP contribution in [0.2, 0.25) is 0 Å². The molecule has 0 aromatic rings. The molecule has 94 valence electrons. The molecule has 1 rings (SSSR count). The van der Waals surface area contributed by atoms with Crippen LogP contribution in [0.25, 0.3) is 0 Å². The van der Waals surface area contributed by atoms with E-state index in [-0.39, 0.29) is 12.6 Å². The number of hydrogen-bond acceptors (Lipinski definition) is 2. The minimum Gasteiger partial charge on any atom is -0.396 e. The van der Waals surface area contributed by atoms with Crippen molar-refractivity contribution in [2.45, 2.75) is 51.5 Å². The monoisotopic (exact) mass is 228 g/mol. The number of carbonyl (C=O) groups is 1. The highest BCUT2D eigenvalue weighted by atomic mass is 16.3. The fraction of sp³-hybridized carbons (Fsp3) is 0.917. The second kappa shape index (κ2) is 7.49. The van der Waals surface area contributed by atoms with Crippen LogP contribution < -0.4 is 5.32 Å². The van der Waals surface area contributed by atoms with Crippen molar-refractivity contribution in [2.24, 2.45) is 0 Å². The molecule has 0 aliphatic heterocycles. The van der Waals surface area contributed by atoms with E-state index >= 15 is 0 Å². The van der Waals surface area contributed by atoms with Gasteiger partial charge < -0.3 is 15.3 Å². The van der Waals surface area contributed by atoms with E-state index in [1.807, 2.05) is 6.92 Å². The summed E-state index contributed by atoms with van der Waals surface area (Å²) in [7, 11) is 0. The van der Waals surface area contributed by atoms with Gasteiger partial charge in [0.05, 0.1) is 0 Å². The van der Waals surface area contributed by atoms with E-state index in [0.717, 1.165) is 12.8 Å². The van der Waals surface area contributed by atoms with Gasteiger partial charge in [-0.3, -0.25) is 0 Å². The van der Waals surface area contributed by atoms with Gasteiger partial charge in [0.2, 0.25) is 0 Å². The van der Waals surface area contributed by atoms with Crippen LogP contribution in [0.1, 0.15) is 45.4 Å². The van der Waals surface area contributed by atoms with Crippen molar-refractivity contribution in [1.29, 1.82) is 0 Å². The molecule has 0 spiro atoms. The van der Waals surface area contributed by atoms with Crippen molar-refractivity contribution in [3.8, 4) is 0 Å². The lowest BCUT2D eigenvalue weighted by atomic mass is 9.96. The maximum Gasteiger partial charge on any atom is 0.317 e. The summed E-state index contributed by atoms with van der Waals surface area (Å²) in [6, 6.07) is 0.396. The van der Waals surface area contributed by atoms with Crippen molar-refractivity contribution in [1.82, 2.24) is 10.2 Å². The topological polar surface area (TPSA) is 52.6 Å². The first-order chi connectivity index (χ1) is 7.77. The van der Waals surface area contributed by atoms with Gasteiger partial charge in [0, 0.05) is 25.7 Å². The third kappa shape index (κ3) is 4.39. The maximum atomic E-state index is 11.9. The zero-order chi connectivity index (χ0) is 11.8. The Morgan fingerprint density at radius 2 is 2.06 bits per heavy atom. The number of carbonyl (C=O) groups excluding carboxylic acids is 1. The van der Waals surface area contributed by atoms with Crippen LogP contribution in [0, 0.1) is 0 Å². The van der Waals surface area contributed by atoms with Crippen LogP contribution in [-0.2, 0) is 0 Å². The average molecular weight is 228 g/mol. The third-order valence-electron chi connectivity index (χ3n) is 3.19. The summed E-state index contributed by atoms with van der Waals surface area (Å²) in [5.74, 6) is 0. The lowest BCUT2D eigenvalue weighted by Crippen LogP contribution is -2.45. The number of urea groups is 1. The summed E-state index contributed by atoms with van der Waals surface area (Å²) in [4.78, 5) is 13.7. The number of amides is 2.